The Morgan fingerprint density at radius 2 is 2.04 bits per heavy atom. The van der Waals surface area contributed by atoms with Gasteiger partial charge in [-0.2, -0.15) is 0 Å². The molecule has 5 atom stereocenters. The first-order valence-corrected chi connectivity index (χ1v) is 8.82. The zero-order chi connectivity index (χ0) is 20.3. The predicted octanol–water partition coefficient (Wildman–Crippen LogP) is -0.192. The van der Waals surface area contributed by atoms with E-state index in [9.17, 15) is 24.3 Å². The second-order valence-electron chi connectivity index (χ2n) is 5.81. The van der Waals surface area contributed by atoms with E-state index < -0.39 is 53.1 Å². The number of hydrogen-bond donors (Lipinski definition) is 2. The van der Waals surface area contributed by atoms with Crippen LogP contribution in [0.4, 0.5) is 0 Å². The average Bonchev–Trinajstić information content (AvgIpc) is 2.88. The number of aliphatic hydroxyl groups excluding tert-OH is 1. The summed E-state index contributed by atoms with van der Waals surface area (Å²) in [6.45, 7) is 1.99. The molecule has 1 aliphatic heterocycles. The molecule has 10 nitrogen and oxygen atoms in total. The zero-order valence-corrected chi connectivity index (χ0v) is 15.9. The van der Waals surface area contributed by atoms with Gasteiger partial charge in [-0.3, -0.25) is 23.9 Å². The van der Waals surface area contributed by atoms with Gasteiger partial charge < -0.3 is 19.3 Å². The molecular formula is C15H18Cl2N2O8. The summed E-state index contributed by atoms with van der Waals surface area (Å²) in [5.41, 5.74) is -1.60. The fraction of sp³-hybridized carbons (Fsp3) is 0.600. The Labute approximate surface area is 162 Å². The largest absolute Gasteiger partial charge is 0.463 e. The van der Waals surface area contributed by atoms with Crippen molar-refractivity contribution in [2.75, 3.05) is 12.5 Å². The summed E-state index contributed by atoms with van der Waals surface area (Å²) in [4.78, 5) is 48.5. The maximum absolute atomic E-state index is 12.2. The summed E-state index contributed by atoms with van der Waals surface area (Å²) in [7, 11) is 0. The third-order valence-corrected chi connectivity index (χ3v) is 4.66. The number of rotatable bonds is 6. The molecule has 1 aromatic heterocycles. The van der Waals surface area contributed by atoms with Gasteiger partial charge in [-0.05, 0) is 0 Å². The van der Waals surface area contributed by atoms with Crippen molar-refractivity contribution < 1.29 is 28.9 Å². The Morgan fingerprint density at radius 3 is 2.59 bits per heavy atom. The molecular weight excluding hydrogens is 407 g/mol. The molecule has 150 valence electrons. The lowest BCUT2D eigenvalue weighted by Gasteiger charge is -2.20. The van der Waals surface area contributed by atoms with E-state index in [0.717, 1.165) is 17.7 Å². The van der Waals surface area contributed by atoms with Crippen molar-refractivity contribution in [1.82, 2.24) is 9.55 Å². The molecule has 2 heterocycles. The summed E-state index contributed by atoms with van der Waals surface area (Å²) in [6.07, 6.45) is -3.91. The highest BCUT2D eigenvalue weighted by Crippen LogP contribution is 2.31. The van der Waals surface area contributed by atoms with Crippen molar-refractivity contribution in [3.63, 3.8) is 0 Å². The molecule has 0 radical (unpaired) electrons. The molecule has 1 fully saturated rings. The molecule has 1 unspecified atom stereocenters. The van der Waals surface area contributed by atoms with Gasteiger partial charge in [0.1, 0.15) is 18.8 Å². The van der Waals surface area contributed by atoms with Crippen molar-refractivity contribution in [3.8, 4) is 0 Å². The smallest absolute Gasteiger partial charge is 0.330 e. The molecule has 1 aromatic rings. The predicted molar refractivity (Wildman–Crippen MR) is 92.7 cm³/mol. The van der Waals surface area contributed by atoms with Crippen molar-refractivity contribution in [3.05, 3.63) is 32.6 Å². The lowest BCUT2D eigenvalue weighted by molar-refractivity contribution is -0.157. The van der Waals surface area contributed by atoms with E-state index in [4.69, 9.17) is 37.4 Å². The van der Waals surface area contributed by atoms with Gasteiger partial charge in [-0.25, -0.2) is 4.79 Å². The Kier molecular flexibility index (Phi) is 7.04. The van der Waals surface area contributed by atoms with Crippen molar-refractivity contribution in [2.45, 2.75) is 43.8 Å². The molecule has 2 N–H and O–H groups in total. The number of hydrogen-bond acceptors (Lipinski definition) is 8. The van der Waals surface area contributed by atoms with Crippen LogP contribution in [-0.4, -0.2) is 57.4 Å². The maximum Gasteiger partial charge on any atom is 0.330 e. The third kappa shape index (κ3) is 4.89. The number of aromatic amines is 1. The fourth-order valence-electron chi connectivity index (χ4n) is 2.62. The normalized spacial score (nSPS) is 25.8. The van der Waals surface area contributed by atoms with Gasteiger partial charge in [-0.15, -0.1) is 23.2 Å². The summed E-state index contributed by atoms with van der Waals surface area (Å²) in [6, 6.07) is 0. The first-order chi connectivity index (χ1) is 12.6. The molecule has 27 heavy (non-hydrogen) atoms. The molecule has 1 saturated heterocycles. The van der Waals surface area contributed by atoms with E-state index in [2.05, 4.69) is 4.98 Å². The summed E-state index contributed by atoms with van der Waals surface area (Å²) >= 11 is 11.6. The van der Waals surface area contributed by atoms with E-state index in [0.29, 0.717) is 0 Å². The van der Waals surface area contributed by atoms with Crippen LogP contribution in [0.5, 0.6) is 0 Å². The van der Waals surface area contributed by atoms with Gasteiger partial charge in [0, 0.05) is 25.9 Å². The van der Waals surface area contributed by atoms with Crippen LogP contribution in [0.1, 0.15) is 31.0 Å². The van der Waals surface area contributed by atoms with Crippen molar-refractivity contribution in [2.24, 2.45) is 0 Å². The first kappa shape index (κ1) is 21.4. The number of H-pyrrole nitrogens is 1. The number of aromatic nitrogens is 2. The van der Waals surface area contributed by atoms with Gasteiger partial charge in [-0.1, -0.05) is 0 Å². The fourth-order valence-corrected chi connectivity index (χ4v) is 2.94. The summed E-state index contributed by atoms with van der Waals surface area (Å²) in [5.74, 6) is -1.40. The Morgan fingerprint density at radius 1 is 1.37 bits per heavy atom. The number of esters is 2. The second kappa shape index (κ2) is 8.87. The van der Waals surface area contributed by atoms with E-state index in [-0.39, 0.29) is 18.1 Å². The number of alkyl halides is 2. The van der Waals surface area contributed by atoms with Crippen LogP contribution in [0.15, 0.2) is 15.8 Å². The second-order valence-corrected chi connectivity index (χ2v) is 6.64. The highest BCUT2D eigenvalue weighted by molar-refractivity contribution is 6.28. The van der Waals surface area contributed by atoms with Crippen molar-refractivity contribution in [1.29, 1.82) is 0 Å². The molecule has 0 bridgehead atoms. The topological polar surface area (TPSA) is 137 Å². The van der Waals surface area contributed by atoms with Crippen LogP contribution in [0.2, 0.25) is 0 Å². The quantitative estimate of drug-likeness (QED) is 0.473. The first-order valence-electron chi connectivity index (χ1n) is 7.85. The minimum absolute atomic E-state index is 0.00506. The molecule has 0 aromatic carbocycles. The van der Waals surface area contributed by atoms with Crippen LogP contribution in [-0.2, 0) is 23.8 Å². The maximum atomic E-state index is 12.2. The lowest BCUT2D eigenvalue weighted by Crippen LogP contribution is -2.40. The summed E-state index contributed by atoms with van der Waals surface area (Å²) in [5, 5.41) is 9.63. The number of nitrogens with zero attached hydrogens (tertiary/aromatic N) is 1. The van der Waals surface area contributed by atoms with Crippen LogP contribution >= 0.6 is 23.2 Å². The van der Waals surface area contributed by atoms with Gasteiger partial charge >= 0.3 is 17.6 Å². The molecule has 0 spiro atoms. The molecule has 0 aliphatic carbocycles. The molecule has 2 rings (SSSR count). The van der Waals surface area contributed by atoms with Crippen LogP contribution in [0.3, 0.4) is 0 Å². The van der Waals surface area contributed by atoms with Gasteiger partial charge in [0.05, 0.1) is 10.9 Å². The highest BCUT2D eigenvalue weighted by atomic mass is 35.5. The number of aliphatic hydroxyl groups is 1. The molecule has 12 heteroatoms. The minimum atomic E-state index is -1.48. The number of carbonyl (C=O) groups is 2. The monoisotopic (exact) mass is 424 g/mol. The van der Waals surface area contributed by atoms with Crippen LogP contribution in [0.25, 0.3) is 0 Å². The number of halogens is 2. The minimum Gasteiger partial charge on any atom is -0.463 e. The number of ether oxygens (including phenoxy) is 3. The number of nitrogens with one attached hydrogen (secondary N) is 1. The van der Waals surface area contributed by atoms with E-state index in [1.807, 2.05) is 0 Å². The van der Waals surface area contributed by atoms with Crippen molar-refractivity contribution >= 4 is 35.1 Å². The summed E-state index contributed by atoms with van der Waals surface area (Å²) < 4.78 is 16.4. The average molecular weight is 425 g/mol. The molecule has 0 amide bonds. The number of carbonyl (C=O) groups excluding carboxylic acids is 2. The van der Waals surface area contributed by atoms with Gasteiger partial charge in [0.2, 0.25) is 0 Å². The zero-order valence-electron chi connectivity index (χ0n) is 14.4. The SMILES string of the molecule is CC(=O)OC[C@H]1O[C@@H](n2cc(C(Cl)CCl)c(=O)[nH]c2=O)[C@H](O)[C@@H]1OC(C)=O. The Hall–Kier alpha value is -1.88. The standard InChI is InChI=1S/C15H18Cl2N2O8/c1-6(20)25-5-10-12(26-7(2)21)11(22)14(27-10)19-4-8(9(17)3-16)13(23)18-15(19)24/h4,9-12,14,22H,3,5H2,1-2H3,(H,18,23,24)/t9?,10-,11-,12-,14-/m1/s1. The molecule has 0 saturated carbocycles. The highest BCUT2D eigenvalue weighted by Gasteiger charge is 2.48. The van der Waals surface area contributed by atoms with Crippen LogP contribution in [0, 0.1) is 0 Å². The van der Waals surface area contributed by atoms with Gasteiger partial charge in [0.25, 0.3) is 5.56 Å². The third-order valence-electron chi connectivity index (χ3n) is 3.80. The molecule has 1 aliphatic rings. The van der Waals surface area contributed by atoms with E-state index in [1.165, 1.54) is 6.92 Å². The lowest BCUT2D eigenvalue weighted by atomic mass is 10.1. The Balaban J connectivity index is 2.39. The van der Waals surface area contributed by atoms with E-state index in [1.54, 1.807) is 0 Å². The van der Waals surface area contributed by atoms with E-state index >= 15 is 0 Å². The van der Waals surface area contributed by atoms with Gasteiger partial charge in [0.15, 0.2) is 12.3 Å². The Bertz CT molecular complexity index is 823. The van der Waals surface area contributed by atoms with Crippen LogP contribution < -0.4 is 11.2 Å².